The number of unbranched alkanes of at least 4 members (excludes halogenated alkanes) is 1. The zero-order valence-corrected chi connectivity index (χ0v) is 8.18. The fourth-order valence-electron chi connectivity index (χ4n) is 2.02. The van der Waals surface area contributed by atoms with Gasteiger partial charge in [0.2, 0.25) is 0 Å². The van der Waals surface area contributed by atoms with Crippen LogP contribution in [0.3, 0.4) is 0 Å². The summed E-state index contributed by atoms with van der Waals surface area (Å²) >= 11 is 0. The van der Waals surface area contributed by atoms with Gasteiger partial charge in [0.25, 0.3) is 0 Å². The van der Waals surface area contributed by atoms with Gasteiger partial charge in [-0.15, -0.1) is 0 Å². The lowest BCUT2D eigenvalue weighted by molar-refractivity contribution is 0.408. The summed E-state index contributed by atoms with van der Waals surface area (Å²) in [5.74, 6) is 0. The Labute approximate surface area is 76.0 Å². The lowest BCUT2D eigenvalue weighted by Crippen LogP contribution is -2.24. The summed E-state index contributed by atoms with van der Waals surface area (Å²) < 4.78 is 0. The van der Waals surface area contributed by atoms with Crippen molar-refractivity contribution in [1.29, 1.82) is 0 Å². The molecular weight excluding hydrogens is 146 g/mol. The monoisotopic (exact) mass is 167 g/mol. The standard InChI is InChI=1S/C11H21N/c1-2-3-4-7-11(10-12)8-5-6-9-11/h4,7H,2-3,5-6,8-10,12H2,1H3/b7-4+. The second kappa shape index (κ2) is 4.66. The normalized spacial score (nSPS) is 22.2. The SMILES string of the molecule is CCC/C=C/C1(CN)CCCC1. The van der Waals surface area contributed by atoms with E-state index in [9.17, 15) is 0 Å². The van der Waals surface area contributed by atoms with E-state index in [0.29, 0.717) is 5.41 Å². The van der Waals surface area contributed by atoms with E-state index in [2.05, 4.69) is 19.1 Å². The van der Waals surface area contributed by atoms with Crippen molar-refractivity contribution >= 4 is 0 Å². The van der Waals surface area contributed by atoms with E-state index in [1.165, 1.54) is 38.5 Å². The molecule has 1 heteroatoms. The van der Waals surface area contributed by atoms with E-state index in [1.54, 1.807) is 0 Å². The fraction of sp³-hybridized carbons (Fsp3) is 0.818. The molecular formula is C11H21N. The van der Waals surface area contributed by atoms with Crippen LogP contribution in [-0.2, 0) is 0 Å². The Bertz CT molecular complexity index is 143. The van der Waals surface area contributed by atoms with E-state index in [4.69, 9.17) is 5.73 Å². The molecule has 0 unspecified atom stereocenters. The second-order valence-electron chi connectivity index (χ2n) is 3.96. The van der Waals surface area contributed by atoms with Crippen LogP contribution in [0.15, 0.2) is 12.2 Å². The summed E-state index contributed by atoms with van der Waals surface area (Å²) in [6, 6.07) is 0. The molecule has 12 heavy (non-hydrogen) atoms. The molecule has 1 fully saturated rings. The number of rotatable bonds is 4. The van der Waals surface area contributed by atoms with Crippen molar-refractivity contribution in [2.45, 2.75) is 45.4 Å². The molecule has 0 aromatic rings. The molecule has 2 N–H and O–H groups in total. The van der Waals surface area contributed by atoms with Gasteiger partial charge in [0, 0.05) is 12.0 Å². The van der Waals surface area contributed by atoms with Crippen LogP contribution < -0.4 is 5.73 Å². The number of hydrogen-bond acceptors (Lipinski definition) is 1. The van der Waals surface area contributed by atoms with Crippen LogP contribution >= 0.6 is 0 Å². The fourth-order valence-corrected chi connectivity index (χ4v) is 2.02. The van der Waals surface area contributed by atoms with Crippen LogP contribution in [0.5, 0.6) is 0 Å². The average Bonchev–Trinajstić information content (AvgIpc) is 2.55. The first kappa shape index (κ1) is 9.79. The highest BCUT2D eigenvalue weighted by Gasteiger charge is 2.28. The van der Waals surface area contributed by atoms with Crippen LogP contribution in [0.1, 0.15) is 45.4 Å². The van der Waals surface area contributed by atoms with Crippen LogP contribution in [0.4, 0.5) is 0 Å². The third-order valence-corrected chi connectivity index (χ3v) is 2.93. The van der Waals surface area contributed by atoms with Crippen LogP contribution in [0, 0.1) is 5.41 Å². The molecule has 0 atom stereocenters. The van der Waals surface area contributed by atoms with Gasteiger partial charge in [0.15, 0.2) is 0 Å². The molecule has 0 radical (unpaired) electrons. The maximum atomic E-state index is 5.80. The number of allylic oxidation sites excluding steroid dienone is 1. The first-order valence-electron chi connectivity index (χ1n) is 5.21. The predicted molar refractivity (Wildman–Crippen MR) is 54.0 cm³/mol. The Morgan fingerprint density at radius 3 is 2.50 bits per heavy atom. The summed E-state index contributed by atoms with van der Waals surface area (Å²) in [6.07, 6.45) is 12.5. The zero-order chi connectivity index (χ0) is 8.86. The van der Waals surface area contributed by atoms with Crippen molar-refractivity contribution in [3.63, 3.8) is 0 Å². The Kier molecular flexibility index (Phi) is 3.80. The van der Waals surface area contributed by atoms with E-state index < -0.39 is 0 Å². The van der Waals surface area contributed by atoms with Crippen LogP contribution in [-0.4, -0.2) is 6.54 Å². The molecule has 0 amide bonds. The highest BCUT2D eigenvalue weighted by molar-refractivity contribution is 5.03. The molecule has 0 saturated heterocycles. The highest BCUT2D eigenvalue weighted by Crippen LogP contribution is 2.38. The maximum Gasteiger partial charge on any atom is 0.00142 e. The van der Waals surface area contributed by atoms with E-state index >= 15 is 0 Å². The topological polar surface area (TPSA) is 26.0 Å². The molecule has 1 aliphatic rings. The van der Waals surface area contributed by atoms with Crippen molar-refractivity contribution in [1.82, 2.24) is 0 Å². The van der Waals surface area contributed by atoms with Gasteiger partial charge in [0.05, 0.1) is 0 Å². The van der Waals surface area contributed by atoms with E-state index in [1.807, 2.05) is 0 Å². The van der Waals surface area contributed by atoms with Crippen molar-refractivity contribution in [2.75, 3.05) is 6.54 Å². The van der Waals surface area contributed by atoms with Gasteiger partial charge >= 0.3 is 0 Å². The van der Waals surface area contributed by atoms with Gasteiger partial charge in [-0.25, -0.2) is 0 Å². The summed E-state index contributed by atoms with van der Waals surface area (Å²) in [4.78, 5) is 0. The van der Waals surface area contributed by atoms with E-state index in [0.717, 1.165) is 6.54 Å². The smallest absolute Gasteiger partial charge is 0.00142 e. The maximum absolute atomic E-state index is 5.80. The summed E-state index contributed by atoms with van der Waals surface area (Å²) in [5, 5.41) is 0. The summed E-state index contributed by atoms with van der Waals surface area (Å²) in [7, 11) is 0. The van der Waals surface area contributed by atoms with Crippen LogP contribution in [0.25, 0.3) is 0 Å². The number of nitrogens with two attached hydrogens (primary N) is 1. The van der Waals surface area contributed by atoms with E-state index in [-0.39, 0.29) is 0 Å². The summed E-state index contributed by atoms with van der Waals surface area (Å²) in [6.45, 7) is 3.06. The minimum absolute atomic E-state index is 0.384. The lowest BCUT2D eigenvalue weighted by Gasteiger charge is -2.22. The van der Waals surface area contributed by atoms with Crippen molar-refractivity contribution < 1.29 is 0 Å². The molecule has 1 saturated carbocycles. The molecule has 0 heterocycles. The van der Waals surface area contributed by atoms with Crippen LogP contribution in [0.2, 0.25) is 0 Å². The number of hydrogen-bond donors (Lipinski definition) is 1. The minimum Gasteiger partial charge on any atom is -0.330 e. The van der Waals surface area contributed by atoms with Crippen molar-refractivity contribution in [3.8, 4) is 0 Å². The van der Waals surface area contributed by atoms with Gasteiger partial charge in [0.1, 0.15) is 0 Å². The molecule has 70 valence electrons. The Hall–Kier alpha value is -0.300. The molecule has 1 nitrogen and oxygen atoms in total. The Morgan fingerprint density at radius 2 is 2.00 bits per heavy atom. The van der Waals surface area contributed by atoms with Gasteiger partial charge in [-0.1, -0.05) is 38.3 Å². The predicted octanol–water partition coefficient (Wildman–Crippen LogP) is 2.86. The lowest BCUT2D eigenvalue weighted by atomic mass is 9.86. The van der Waals surface area contributed by atoms with Gasteiger partial charge in [-0.2, -0.15) is 0 Å². The molecule has 0 bridgehead atoms. The Balaban J connectivity index is 2.43. The third kappa shape index (κ3) is 2.34. The first-order valence-corrected chi connectivity index (χ1v) is 5.21. The second-order valence-corrected chi connectivity index (χ2v) is 3.96. The van der Waals surface area contributed by atoms with Gasteiger partial charge in [-0.05, 0) is 19.3 Å². The van der Waals surface area contributed by atoms with Gasteiger partial charge in [-0.3, -0.25) is 0 Å². The van der Waals surface area contributed by atoms with Crippen molar-refractivity contribution in [3.05, 3.63) is 12.2 Å². The molecule has 1 aliphatic carbocycles. The Morgan fingerprint density at radius 1 is 1.33 bits per heavy atom. The zero-order valence-electron chi connectivity index (χ0n) is 8.18. The van der Waals surface area contributed by atoms with Gasteiger partial charge < -0.3 is 5.73 Å². The molecule has 1 rings (SSSR count). The molecule has 0 spiro atoms. The average molecular weight is 167 g/mol. The minimum atomic E-state index is 0.384. The first-order chi connectivity index (χ1) is 5.83. The molecule has 0 aliphatic heterocycles. The largest absolute Gasteiger partial charge is 0.330 e. The summed E-state index contributed by atoms with van der Waals surface area (Å²) in [5.41, 5.74) is 6.18. The van der Waals surface area contributed by atoms with Crippen molar-refractivity contribution in [2.24, 2.45) is 11.1 Å². The molecule has 0 aromatic carbocycles. The highest BCUT2D eigenvalue weighted by atomic mass is 14.6. The third-order valence-electron chi connectivity index (χ3n) is 2.93. The molecule has 0 aromatic heterocycles. The quantitative estimate of drug-likeness (QED) is 0.640.